The van der Waals surface area contributed by atoms with E-state index in [0.29, 0.717) is 0 Å². The van der Waals surface area contributed by atoms with Gasteiger partial charge in [-0.2, -0.15) is 13.5 Å². The third kappa shape index (κ3) is 4.36. The molecule has 0 amide bonds. The average Bonchev–Trinajstić information content (AvgIpc) is 3.82. The molecule has 0 aliphatic carbocycles. The number of hydrogen-bond acceptors (Lipinski definition) is 8. The van der Waals surface area contributed by atoms with E-state index in [1.807, 2.05) is 0 Å². The molecule has 4 fully saturated rings. The molecule has 3 aromatic carbocycles. The van der Waals surface area contributed by atoms with Crippen LogP contribution in [0, 0.1) is 0 Å². The number of benzene rings is 3. The highest BCUT2D eigenvalue weighted by atomic mass is 35.7. The third-order valence-electron chi connectivity index (χ3n) is 7.54. The van der Waals surface area contributed by atoms with Crippen molar-refractivity contribution in [3.8, 4) is 0 Å². The highest BCUT2D eigenvalue weighted by molar-refractivity contribution is 7.98. The Bertz CT molecular complexity index is 1530. The molecule has 8 nitrogen and oxygen atoms in total. The van der Waals surface area contributed by atoms with Crippen molar-refractivity contribution in [2.45, 2.75) is 0 Å². The summed E-state index contributed by atoms with van der Waals surface area (Å²) in [5.74, 6) is 0. The number of nitrogens with zero attached hydrogens (tertiary/aromatic N) is 8. The summed E-state index contributed by atoms with van der Waals surface area (Å²) in [6.07, 6.45) is 0. The lowest BCUT2D eigenvalue weighted by atomic mass is 10.4. The van der Waals surface area contributed by atoms with E-state index < -0.39 is 28.8 Å². The molecule has 0 aromatic heterocycles. The van der Waals surface area contributed by atoms with Crippen molar-refractivity contribution in [1.29, 1.82) is 0 Å². The van der Waals surface area contributed by atoms with Gasteiger partial charge in [-0.25, -0.2) is 23.2 Å². The van der Waals surface area contributed by atoms with Crippen LogP contribution in [-0.4, -0.2) is 71.0 Å². The fraction of sp³-hybridized carbons (Fsp3) is 0.308. The minimum atomic E-state index is -2.75. The average molecular weight is 615 g/mol. The summed E-state index contributed by atoms with van der Waals surface area (Å²) < 4.78 is 32.7. The van der Waals surface area contributed by atoms with Crippen molar-refractivity contribution < 1.29 is 0 Å². The Balaban J connectivity index is 1.53. The van der Waals surface area contributed by atoms with Crippen LogP contribution in [0.2, 0.25) is 0 Å². The molecule has 8 rings (SSSR count). The molecule has 4 saturated heterocycles. The molecule has 13 heteroatoms. The zero-order valence-corrected chi connectivity index (χ0v) is 25.9. The molecule has 0 radical (unpaired) electrons. The molecular weight excluding hydrogens is 584 g/mol. The SMILES string of the molecule is Cl[P@]1(N2CC2)=NP(N2CC2)(N2CC2)=N[P@](N=P(c2ccccc2)(c2ccccc2)c2ccccc2)(N2CC2)=N1. The van der Waals surface area contributed by atoms with Crippen LogP contribution in [0.3, 0.4) is 0 Å². The summed E-state index contributed by atoms with van der Waals surface area (Å²) in [7, 11) is -7.58. The first-order chi connectivity index (χ1) is 19.1. The maximum atomic E-state index is 7.60. The molecule has 2 atom stereocenters. The van der Waals surface area contributed by atoms with Crippen LogP contribution >= 0.6 is 40.0 Å². The summed E-state index contributed by atoms with van der Waals surface area (Å²) in [5.41, 5.74) is 0. The second kappa shape index (κ2) is 9.36. The van der Waals surface area contributed by atoms with E-state index >= 15 is 0 Å². The van der Waals surface area contributed by atoms with Crippen molar-refractivity contribution in [1.82, 2.24) is 18.7 Å². The Kier molecular flexibility index (Phi) is 6.10. The summed E-state index contributed by atoms with van der Waals surface area (Å²) in [4.78, 5) is 0. The van der Waals surface area contributed by atoms with E-state index in [4.69, 9.17) is 29.3 Å². The second-order valence-electron chi connectivity index (χ2n) is 10.4. The molecule has 0 saturated carbocycles. The van der Waals surface area contributed by atoms with Crippen LogP contribution in [0.5, 0.6) is 0 Å². The van der Waals surface area contributed by atoms with Crippen LogP contribution < -0.4 is 15.9 Å². The monoisotopic (exact) mass is 614 g/mol. The zero-order valence-electron chi connectivity index (χ0n) is 21.6. The van der Waals surface area contributed by atoms with Gasteiger partial charge in [0.2, 0.25) is 14.2 Å². The van der Waals surface area contributed by atoms with E-state index in [0.717, 1.165) is 52.4 Å². The summed E-state index contributed by atoms with van der Waals surface area (Å²) in [5, 5.41) is 3.68. The molecule has 5 aliphatic rings. The smallest absolute Gasteiger partial charge is 0.237 e. The van der Waals surface area contributed by atoms with E-state index in [1.54, 1.807) is 0 Å². The summed E-state index contributed by atoms with van der Waals surface area (Å²) >= 11 is 7.60. The highest BCUT2D eigenvalue weighted by Gasteiger charge is 2.55. The van der Waals surface area contributed by atoms with Crippen molar-refractivity contribution in [2.75, 3.05) is 52.4 Å². The van der Waals surface area contributed by atoms with Gasteiger partial charge < -0.3 is 0 Å². The molecule has 39 heavy (non-hydrogen) atoms. The molecule has 5 heterocycles. The Hall–Kier alpha value is -1.29. The van der Waals surface area contributed by atoms with Crippen molar-refractivity contribution in [3.05, 3.63) is 91.0 Å². The van der Waals surface area contributed by atoms with Crippen LogP contribution in [0.15, 0.2) is 109 Å². The predicted molar refractivity (Wildman–Crippen MR) is 168 cm³/mol. The third-order valence-corrected chi connectivity index (χ3v) is 24.8. The van der Waals surface area contributed by atoms with E-state index in [9.17, 15) is 0 Å². The number of halogens is 1. The fourth-order valence-corrected chi connectivity index (χ4v) is 25.6. The lowest BCUT2D eigenvalue weighted by Crippen LogP contribution is -2.25. The lowest BCUT2D eigenvalue weighted by molar-refractivity contribution is 0.773. The first kappa shape index (κ1) is 25.4. The van der Waals surface area contributed by atoms with Gasteiger partial charge in [0.1, 0.15) is 0 Å². The first-order valence-electron chi connectivity index (χ1n) is 13.5. The molecule has 5 aliphatic heterocycles. The fourth-order valence-electron chi connectivity index (χ4n) is 5.20. The minimum Gasteiger partial charge on any atom is -0.237 e. The van der Waals surface area contributed by atoms with E-state index in [-0.39, 0.29) is 0 Å². The van der Waals surface area contributed by atoms with Crippen LogP contribution in [-0.2, 0) is 0 Å². The Morgan fingerprint density at radius 2 is 0.949 bits per heavy atom. The molecule has 0 spiro atoms. The quantitative estimate of drug-likeness (QED) is 0.214. The predicted octanol–water partition coefficient (Wildman–Crippen LogP) is 6.52. The maximum Gasteiger partial charge on any atom is 0.264 e. The highest BCUT2D eigenvalue weighted by Crippen LogP contribution is 2.88. The van der Waals surface area contributed by atoms with E-state index in [2.05, 4.69) is 110 Å². The van der Waals surface area contributed by atoms with Crippen LogP contribution in [0.4, 0.5) is 0 Å². The zero-order chi connectivity index (χ0) is 26.1. The molecular formula is C26H31ClN8P4. The molecule has 202 valence electrons. The van der Waals surface area contributed by atoms with Crippen LogP contribution in [0.25, 0.3) is 0 Å². The van der Waals surface area contributed by atoms with Crippen molar-refractivity contribution in [2.24, 2.45) is 18.1 Å². The number of hydrogen-bond donors (Lipinski definition) is 0. The van der Waals surface area contributed by atoms with Gasteiger partial charge in [0.25, 0.3) is 7.51 Å². The molecule has 0 bridgehead atoms. The summed E-state index contributed by atoms with van der Waals surface area (Å²) in [6, 6.07) is 32.5. The van der Waals surface area contributed by atoms with Gasteiger partial charge in [-0.05, 0) is 11.2 Å². The lowest BCUT2D eigenvalue weighted by Gasteiger charge is -2.36. The Morgan fingerprint density at radius 1 is 0.538 bits per heavy atom. The Morgan fingerprint density at radius 3 is 1.33 bits per heavy atom. The molecule has 0 unspecified atom stereocenters. The molecule has 0 N–H and O–H groups in total. The van der Waals surface area contributed by atoms with Crippen LogP contribution in [0.1, 0.15) is 0 Å². The maximum absolute atomic E-state index is 7.60. The first-order valence-corrected chi connectivity index (χ1v) is 21.0. The van der Waals surface area contributed by atoms with Gasteiger partial charge in [0, 0.05) is 68.3 Å². The van der Waals surface area contributed by atoms with Gasteiger partial charge in [-0.1, -0.05) is 91.0 Å². The van der Waals surface area contributed by atoms with E-state index in [1.165, 1.54) is 15.9 Å². The normalized spacial score (nSPS) is 30.0. The molecule has 3 aromatic rings. The standard InChI is InChI=1S/C26H31ClN8P4/c27-37(32-16-17-32)29-38(33-18-19-33,31-39(30-37,34-20-21-34)35-22-23-35)28-36(24-10-4-1-5-11-24,25-12-6-2-7-13-25)26-14-8-3-9-15-26/h1-15H,16-23H2/t37-,38-/m1/s1. The summed E-state index contributed by atoms with van der Waals surface area (Å²) in [6.45, 7) is 5.35. The topological polar surface area (TPSA) is 61.5 Å². The van der Waals surface area contributed by atoms with Crippen molar-refractivity contribution in [3.63, 3.8) is 0 Å². The van der Waals surface area contributed by atoms with Gasteiger partial charge in [0.05, 0.1) is 7.05 Å². The number of rotatable bonds is 8. The van der Waals surface area contributed by atoms with Gasteiger partial charge >= 0.3 is 0 Å². The second-order valence-corrected chi connectivity index (χ2v) is 22.8. The van der Waals surface area contributed by atoms with Gasteiger partial charge in [0.15, 0.2) is 0 Å². The van der Waals surface area contributed by atoms with Gasteiger partial charge in [-0.15, -0.1) is 0 Å². The van der Waals surface area contributed by atoms with Crippen molar-refractivity contribution >= 4 is 55.9 Å². The minimum absolute atomic E-state index is 0.958. The Labute approximate surface area is 235 Å². The van der Waals surface area contributed by atoms with Gasteiger partial charge in [-0.3, -0.25) is 0 Å². The largest absolute Gasteiger partial charge is 0.264 e.